The number of ether oxygens (including phenoxy) is 1. The van der Waals surface area contributed by atoms with Crippen LogP contribution in [0, 0.1) is 0 Å². The first kappa shape index (κ1) is 17.0. The first-order chi connectivity index (χ1) is 8.66. The summed E-state index contributed by atoms with van der Waals surface area (Å²) in [6.45, 7) is 3.49. The van der Waals surface area contributed by atoms with Crippen molar-refractivity contribution in [2.75, 3.05) is 26.3 Å². The van der Waals surface area contributed by atoms with Crippen LogP contribution < -0.4 is 5.73 Å². The highest BCUT2D eigenvalue weighted by atomic mass is 127. The maximum absolute atomic E-state index is 6.13. The van der Waals surface area contributed by atoms with Gasteiger partial charge in [-0.15, -0.1) is 24.0 Å². The van der Waals surface area contributed by atoms with Gasteiger partial charge in [-0.3, -0.25) is 0 Å². The molecule has 19 heavy (non-hydrogen) atoms. The molecule has 106 valence electrons. The molecule has 7 heteroatoms. The van der Waals surface area contributed by atoms with Crippen molar-refractivity contribution in [3.8, 4) is 0 Å². The zero-order chi connectivity index (χ0) is 13.0. The van der Waals surface area contributed by atoms with Crippen LogP contribution in [0.5, 0.6) is 0 Å². The minimum absolute atomic E-state index is 0. The number of hydrogen-bond acceptors (Lipinski definition) is 2. The predicted molar refractivity (Wildman–Crippen MR) is 92.3 cm³/mol. The molecule has 1 saturated heterocycles. The van der Waals surface area contributed by atoms with Crippen molar-refractivity contribution in [1.29, 1.82) is 0 Å². The average Bonchev–Trinajstić information content (AvgIpc) is 2.38. The summed E-state index contributed by atoms with van der Waals surface area (Å²) in [4.78, 5) is 6.40. The van der Waals surface area contributed by atoms with Crippen LogP contribution in [0.15, 0.2) is 27.7 Å². The highest BCUT2D eigenvalue weighted by Gasteiger charge is 2.12. The van der Waals surface area contributed by atoms with Crippen molar-refractivity contribution in [1.82, 2.24) is 4.90 Å². The van der Waals surface area contributed by atoms with Crippen LogP contribution in [0.4, 0.5) is 0 Å². The van der Waals surface area contributed by atoms with Crippen LogP contribution in [0.2, 0.25) is 5.02 Å². The molecule has 1 aromatic rings. The predicted octanol–water partition coefficient (Wildman–Crippen LogP) is 2.87. The Bertz CT molecular complexity index is 453. The van der Waals surface area contributed by atoms with Crippen LogP contribution in [0.25, 0.3) is 0 Å². The Morgan fingerprint density at radius 3 is 2.74 bits per heavy atom. The van der Waals surface area contributed by atoms with Crippen molar-refractivity contribution in [3.63, 3.8) is 0 Å². The molecule has 2 rings (SSSR count). The van der Waals surface area contributed by atoms with E-state index in [-0.39, 0.29) is 24.0 Å². The largest absolute Gasteiger partial charge is 0.378 e. The monoisotopic (exact) mass is 459 g/mol. The first-order valence-electron chi connectivity index (χ1n) is 5.73. The molecule has 0 spiro atoms. The molecule has 0 atom stereocenters. The zero-order valence-electron chi connectivity index (χ0n) is 10.3. The minimum Gasteiger partial charge on any atom is -0.378 e. The second kappa shape index (κ2) is 8.28. The van der Waals surface area contributed by atoms with Gasteiger partial charge in [0.25, 0.3) is 0 Å². The molecule has 1 aromatic carbocycles. The van der Waals surface area contributed by atoms with Gasteiger partial charge in [-0.1, -0.05) is 33.6 Å². The van der Waals surface area contributed by atoms with Crippen LogP contribution >= 0.6 is 51.5 Å². The Morgan fingerprint density at radius 1 is 1.42 bits per heavy atom. The van der Waals surface area contributed by atoms with E-state index in [1.54, 1.807) is 0 Å². The molecule has 1 aliphatic rings. The average molecular weight is 461 g/mol. The Labute approximate surface area is 143 Å². The van der Waals surface area contributed by atoms with Gasteiger partial charge in [-0.25, -0.2) is 4.99 Å². The number of nitrogens with two attached hydrogens (primary N) is 1. The summed E-state index contributed by atoms with van der Waals surface area (Å²) < 4.78 is 6.23. The Kier molecular flexibility index (Phi) is 7.41. The summed E-state index contributed by atoms with van der Waals surface area (Å²) in [5.41, 5.74) is 6.91. The summed E-state index contributed by atoms with van der Waals surface area (Å²) in [6, 6.07) is 5.75. The maximum atomic E-state index is 6.13. The Morgan fingerprint density at radius 2 is 2.11 bits per heavy atom. The van der Waals surface area contributed by atoms with Gasteiger partial charge in [-0.2, -0.15) is 0 Å². The number of halogens is 3. The van der Waals surface area contributed by atoms with Crippen molar-refractivity contribution in [2.24, 2.45) is 10.7 Å². The fraction of sp³-hybridized carbons (Fsp3) is 0.417. The van der Waals surface area contributed by atoms with E-state index >= 15 is 0 Å². The van der Waals surface area contributed by atoms with Crippen molar-refractivity contribution in [2.45, 2.75) is 6.54 Å². The highest BCUT2D eigenvalue weighted by Crippen LogP contribution is 2.21. The van der Waals surface area contributed by atoms with E-state index < -0.39 is 0 Å². The Balaban J connectivity index is 0.00000180. The number of nitrogens with zero attached hydrogens (tertiary/aromatic N) is 2. The second-order valence-corrected chi connectivity index (χ2v) is 5.33. The minimum atomic E-state index is 0. The van der Waals surface area contributed by atoms with Gasteiger partial charge in [0.15, 0.2) is 5.96 Å². The van der Waals surface area contributed by atoms with Crippen molar-refractivity contribution >= 4 is 57.5 Å². The molecule has 0 amide bonds. The summed E-state index contributed by atoms with van der Waals surface area (Å²) >= 11 is 9.50. The third kappa shape index (κ3) is 5.09. The van der Waals surface area contributed by atoms with E-state index in [1.165, 1.54) is 0 Å². The lowest BCUT2D eigenvalue weighted by Crippen LogP contribution is -2.44. The van der Waals surface area contributed by atoms with Crippen LogP contribution in [0.3, 0.4) is 0 Å². The summed E-state index contributed by atoms with van der Waals surface area (Å²) in [6.07, 6.45) is 0. The van der Waals surface area contributed by atoms with Crippen LogP contribution in [-0.2, 0) is 11.3 Å². The third-order valence-electron chi connectivity index (χ3n) is 2.76. The quantitative estimate of drug-likeness (QED) is 0.420. The fourth-order valence-electron chi connectivity index (χ4n) is 1.71. The molecule has 0 bridgehead atoms. The molecule has 1 fully saturated rings. The summed E-state index contributed by atoms with van der Waals surface area (Å²) in [5, 5.41) is 0.697. The van der Waals surface area contributed by atoms with Gasteiger partial charge in [-0.05, 0) is 17.7 Å². The van der Waals surface area contributed by atoms with E-state index in [2.05, 4.69) is 20.9 Å². The molecule has 0 radical (unpaired) electrons. The summed E-state index contributed by atoms with van der Waals surface area (Å²) in [5.74, 6) is 0.553. The molecule has 0 aliphatic carbocycles. The number of aliphatic imine (C=N–C) groups is 1. The molecule has 1 aliphatic heterocycles. The Hall–Kier alpha value is -0.0500. The number of hydrogen-bond donors (Lipinski definition) is 1. The summed E-state index contributed by atoms with van der Waals surface area (Å²) in [7, 11) is 0. The fourth-order valence-corrected chi connectivity index (χ4v) is 2.44. The van der Waals surface area contributed by atoms with Crippen LogP contribution in [0.1, 0.15) is 5.56 Å². The van der Waals surface area contributed by atoms with Gasteiger partial charge in [0.2, 0.25) is 0 Å². The second-order valence-electron chi connectivity index (χ2n) is 4.01. The smallest absolute Gasteiger partial charge is 0.191 e. The van der Waals surface area contributed by atoms with Crippen molar-refractivity contribution in [3.05, 3.63) is 33.3 Å². The zero-order valence-corrected chi connectivity index (χ0v) is 15.0. The number of guanidine groups is 1. The van der Waals surface area contributed by atoms with E-state index in [1.807, 2.05) is 23.1 Å². The van der Waals surface area contributed by atoms with Gasteiger partial charge in [0, 0.05) is 22.6 Å². The maximum Gasteiger partial charge on any atom is 0.191 e. The third-order valence-corrected chi connectivity index (χ3v) is 3.61. The highest BCUT2D eigenvalue weighted by molar-refractivity contribution is 14.0. The molecular formula is C12H16BrClIN3O. The molecule has 4 nitrogen and oxygen atoms in total. The van der Waals surface area contributed by atoms with Gasteiger partial charge in [0.1, 0.15) is 0 Å². The number of rotatable bonds is 2. The standard InChI is InChI=1S/C12H15BrClN3O.HI/c13-10-2-1-9(11(14)7-10)8-16-12(15)17-3-5-18-6-4-17;/h1-2,7H,3-6,8H2,(H2,15,16);1H. The number of benzene rings is 1. The molecule has 2 N–H and O–H groups in total. The van der Waals surface area contributed by atoms with Gasteiger partial charge >= 0.3 is 0 Å². The van der Waals surface area contributed by atoms with Crippen LogP contribution in [-0.4, -0.2) is 37.2 Å². The molecule has 1 heterocycles. The van der Waals surface area contributed by atoms with Gasteiger partial charge in [0.05, 0.1) is 19.8 Å². The number of morpholine rings is 1. The topological polar surface area (TPSA) is 50.8 Å². The van der Waals surface area contributed by atoms with E-state index in [4.69, 9.17) is 22.1 Å². The molecule has 0 unspecified atom stereocenters. The van der Waals surface area contributed by atoms with E-state index in [9.17, 15) is 0 Å². The first-order valence-corrected chi connectivity index (χ1v) is 6.90. The van der Waals surface area contributed by atoms with E-state index in [0.29, 0.717) is 30.7 Å². The lowest BCUT2D eigenvalue weighted by atomic mass is 10.2. The van der Waals surface area contributed by atoms with E-state index in [0.717, 1.165) is 23.1 Å². The SMILES string of the molecule is I.NC(=NCc1ccc(Br)cc1Cl)N1CCOCC1. The molecule has 0 aromatic heterocycles. The van der Waals surface area contributed by atoms with Crippen molar-refractivity contribution < 1.29 is 4.74 Å². The lowest BCUT2D eigenvalue weighted by molar-refractivity contribution is 0.0674. The molecular weight excluding hydrogens is 444 g/mol. The normalized spacial score (nSPS) is 16.1. The van der Waals surface area contributed by atoms with Gasteiger partial charge < -0.3 is 15.4 Å². The molecule has 0 saturated carbocycles. The lowest BCUT2D eigenvalue weighted by Gasteiger charge is -2.27.